The van der Waals surface area contributed by atoms with Gasteiger partial charge < -0.3 is 15.0 Å². The zero-order chi connectivity index (χ0) is 14.5. The zero-order valence-corrected chi connectivity index (χ0v) is 12.5. The molecule has 1 aliphatic carbocycles. The summed E-state index contributed by atoms with van der Waals surface area (Å²) < 4.78 is 19.7. The lowest BCUT2D eigenvalue weighted by Crippen LogP contribution is -2.26. The Balaban J connectivity index is 1.85. The fourth-order valence-corrected chi connectivity index (χ4v) is 2.00. The van der Waals surface area contributed by atoms with Gasteiger partial charge in [0, 0.05) is 36.9 Å². The van der Waals surface area contributed by atoms with Gasteiger partial charge in [-0.05, 0) is 26.0 Å². The average Bonchev–Trinajstić information content (AvgIpc) is 3.23. The number of hydrogen-bond donors (Lipinski definition) is 1. The van der Waals surface area contributed by atoms with E-state index in [4.69, 9.17) is 4.74 Å². The largest absolute Gasteiger partial charge is 0.474 e. The third-order valence-corrected chi connectivity index (χ3v) is 3.49. The molecule has 1 saturated carbocycles. The van der Waals surface area contributed by atoms with Crippen LogP contribution in [0.15, 0.2) is 12.3 Å². The fraction of sp³-hybridized carbons (Fsp3) is 0.667. The van der Waals surface area contributed by atoms with Crippen LogP contribution >= 0.6 is 0 Å². The molecule has 1 aromatic heterocycles. The zero-order valence-electron chi connectivity index (χ0n) is 12.5. The Morgan fingerprint density at radius 2 is 2.25 bits per heavy atom. The summed E-state index contributed by atoms with van der Waals surface area (Å²) in [5.74, 6) is -0.244. The normalized spacial score (nSPS) is 15.1. The first kappa shape index (κ1) is 15.2. The second-order valence-electron chi connectivity index (χ2n) is 5.69. The molecule has 0 aliphatic heterocycles. The van der Waals surface area contributed by atoms with E-state index in [2.05, 4.69) is 22.2 Å². The van der Waals surface area contributed by atoms with E-state index < -0.39 is 0 Å². The molecule has 1 heterocycles. The maximum absolute atomic E-state index is 14.2. The van der Waals surface area contributed by atoms with E-state index in [1.165, 1.54) is 12.8 Å². The number of ether oxygens (including phenoxy) is 1. The van der Waals surface area contributed by atoms with Gasteiger partial charge in [-0.2, -0.15) is 0 Å². The average molecular weight is 281 g/mol. The number of likely N-dealkylation sites (N-methyl/N-ethyl adjacent to an activating group) is 1. The lowest BCUT2D eigenvalue weighted by atomic mass is 10.2. The minimum Gasteiger partial charge on any atom is -0.474 e. The molecule has 5 heteroatoms. The Labute approximate surface area is 120 Å². The van der Waals surface area contributed by atoms with Crippen LogP contribution in [0.4, 0.5) is 4.39 Å². The highest BCUT2D eigenvalue weighted by molar-refractivity contribution is 5.23. The number of hydrogen-bond acceptors (Lipinski definition) is 4. The molecule has 0 saturated heterocycles. The summed E-state index contributed by atoms with van der Waals surface area (Å²) in [5.41, 5.74) is 0.597. The van der Waals surface area contributed by atoms with E-state index in [0.29, 0.717) is 30.8 Å². The first-order valence-corrected chi connectivity index (χ1v) is 7.27. The third kappa shape index (κ3) is 4.42. The Hall–Kier alpha value is -1.20. The van der Waals surface area contributed by atoms with E-state index in [-0.39, 0.29) is 11.7 Å². The standard InChI is InChI=1S/C15H24FN3O/c1-11(2)18-10-12-6-7-17-15(14(12)16)20-9-8-19(3)13-4-5-13/h6-7,11,13,18H,4-5,8-10H2,1-3H3. The Morgan fingerprint density at radius 3 is 2.90 bits per heavy atom. The Morgan fingerprint density at radius 1 is 1.50 bits per heavy atom. The van der Waals surface area contributed by atoms with Crippen molar-refractivity contribution in [2.45, 2.75) is 45.3 Å². The van der Waals surface area contributed by atoms with Crippen molar-refractivity contribution in [3.8, 4) is 5.88 Å². The second kappa shape index (κ2) is 6.99. The molecule has 0 spiro atoms. The molecule has 0 amide bonds. The summed E-state index contributed by atoms with van der Waals surface area (Å²) in [4.78, 5) is 6.23. The molecule has 112 valence electrons. The van der Waals surface area contributed by atoms with Crippen LogP contribution in [0.5, 0.6) is 5.88 Å². The van der Waals surface area contributed by atoms with Gasteiger partial charge in [-0.25, -0.2) is 9.37 Å². The molecular weight excluding hydrogens is 257 g/mol. The van der Waals surface area contributed by atoms with Gasteiger partial charge >= 0.3 is 0 Å². The maximum Gasteiger partial charge on any atom is 0.250 e. The monoisotopic (exact) mass is 281 g/mol. The van der Waals surface area contributed by atoms with Crippen LogP contribution in [0.25, 0.3) is 0 Å². The minimum absolute atomic E-state index is 0.109. The van der Waals surface area contributed by atoms with Gasteiger partial charge in [0.15, 0.2) is 5.82 Å². The highest BCUT2D eigenvalue weighted by Crippen LogP contribution is 2.25. The molecule has 1 fully saturated rings. The second-order valence-corrected chi connectivity index (χ2v) is 5.69. The van der Waals surface area contributed by atoms with Gasteiger partial charge in [0.05, 0.1) is 0 Å². The van der Waals surface area contributed by atoms with Gasteiger partial charge in [0.2, 0.25) is 0 Å². The maximum atomic E-state index is 14.2. The SMILES string of the molecule is CC(C)NCc1ccnc(OCCN(C)C2CC2)c1F. The molecular formula is C15H24FN3O. The third-order valence-electron chi connectivity index (χ3n) is 3.49. The van der Waals surface area contributed by atoms with Crippen LogP contribution in [0.1, 0.15) is 32.3 Å². The van der Waals surface area contributed by atoms with Gasteiger partial charge in [-0.3, -0.25) is 0 Å². The predicted molar refractivity (Wildman–Crippen MR) is 77.3 cm³/mol. The summed E-state index contributed by atoms with van der Waals surface area (Å²) in [7, 11) is 2.08. The van der Waals surface area contributed by atoms with Crippen molar-refractivity contribution < 1.29 is 9.13 Å². The molecule has 20 heavy (non-hydrogen) atoms. The first-order valence-electron chi connectivity index (χ1n) is 7.27. The van der Waals surface area contributed by atoms with Gasteiger partial charge in [0.25, 0.3) is 5.88 Å². The molecule has 1 N–H and O–H groups in total. The van der Waals surface area contributed by atoms with E-state index in [1.54, 1.807) is 12.3 Å². The quantitative estimate of drug-likeness (QED) is 0.792. The van der Waals surface area contributed by atoms with E-state index in [9.17, 15) is 4.39 Å². The van der Waals surface area contributed by atoms with Crippen LogP contribution in [0.2, 0.25) is 0 Å². The topological polar surface area (TPSA) is 37.4 Å². The minimum atomic E-state index is -0.352. The highest BCUT2D eigenvalue weighted by Gasteiger charge is 2.25. The molecule has 2 rings (SSSR count). The van der Waals surface area contributed by atoms with Crippen molar-refractivity contribution in [1.29, 1.82) is 0 Å². The van der Waals surface area contributed by atoms with Crippen molar-refractivity contribution in [2.24, 2.45) is 0 Å². The number of pyridine rings is 1. The smallest absolute Gasteiger partial charge is 0.250 e. The van der Waals surface area contributed by atoms with Crippen LogP contribution in [0, 0.1) is 5.82 Å². The number of nitrogens with one attached hydrogen (secondary N) is 1. The van der Waals surface area contributed by atoms with Crippen molar-refractivity contribution >= 4 is 0 Å². The van der Waals surface area contributed by atoms with Crippen molar-refractivity contribution in [3.05, 3.63) is 23.6 Å². The highest BCUT2D eigenvalue weighted by atomic mass is 19.1. The summed E-state index contributed by atoms with van der Waals surface area (Å²) in [6.45, 7) is 5.83. The Bertz CT molecular complexity index is 435. The number of rotatable bonds is 8. The molecule has 1 aliphatic rings. The van der Waals surface area contributed by atoms with Crippen molar-refractivity contribution in [2.75, 3.05) is 20.2 Å². The predicted octanol–water partition coefficient (Wildman–Crippen LogP) is 2.19. The number of nitrogens with zero attached hydrogens (tertiary/aromatic N) is 2. The lowest BCUT2D eigenvalue weighted by molar-refractivity contribution is 0.219. The summed E-state index contributed by atoms with van der Waals surface area (Å²) in [5, 5.41) is 3.20. The van der Waals surface area contributed by atoms with Gasteiger partial charge in [-0.15, -0.1) is 0 Å². The summed E-state index contributed by atoms with van der Waals surface area (Å²) >= 11 is 0. The van der Waals surface area contributed by atoms with Crippen LogP contribution in [-0.4, -0.2) is 42.2 Å². The Kier molecular flexibility index (Phi) is 5.31. The molecule has 0 unspecified atom stereocenters. The fourth-order valence-electron chi connectivity index (χ4n) is 2.00. The molecule has 0 bridgehead atoms. The van der Waals surface area contributed by atoms with Gasteiger partial charge in [0.1, 0.15) is 6.61 Å². The number of aromatic nitrogens is 1. The molecule has 0 aromatic carbocycles. The molecule has 1 aromatic rings. The van der Waals surface area contributed by atoms with Crippen LogP contribution in [0.3, 0.4) is 0 Å². The lowest BCUT2D eigenvalue weighted by Gasteiger charge is -2.16. The molecule has 4 nitrogen and oxygen atoms in total. The van der Waals surface area contributed by atoms with Crippen molar-refractivity contribution in [1.82, 2.24) is 15.2 Å². The van der Waals surface area contributed by atoms with Crippen molar-refractivity contribution in [3.63, 3.8) is 0 Å². The summed E-state index contributed by atoms with van der Waals surface area (Å²) in [6, 6.07) is 2.70. The summed E-state index contributed by atoms with van der Waals surface area (Å²) in [6.07, 6.45) is 4.12. The van der Waals surface area contributed by atoms with E-state index in [1.807, 2.05) is 13.8 Å². The van der Waals surface area contributed by atoms with Crippen LogP contribution in [-0.2, 0) is 6.54 Å². The number of halogens is 1. The van der Waals surface area contributed by atoms with E-state index in [0.717, 1.165) is 6.54 Å². The molecule has 0 radical (unpaired) electrons. The van der Waals surface area contributed by atoms with E-state index >= 15 is 0 Å². The molecule has 0 atom stereocenters. The van der Waals surface area contributed by atoms with Crippen LogP contribution < -0.4 is 10.1 Å². The first-order chi connectivity index (χ1) is 9.58. The van der Waals surface area contributed by atoms with Gasteiger partial charge in [-0.1, -0.05) is 13.8 Å².